The second kappa shape index (κ2) is 6.54. The van der Waals surface area contributed by atoms with E-state index in [1.165, 1.54) is 12.2 Å². The molecule has 0 radical (unpaired) electrons. The van der Waals surface area contributed by atoms with Gasteiger partial charge in [-0.2, -0.15) is 10.2 Å². The Kier molecular flexibility index (Phi) is 3.99. The number of hydrogen-bond donors (Lipinski definition) is 0. The van der Waals surface area contributed by atoms with Gasteiger partial charge in [0.1, 0.15) is 23.5 Å². The minimum Gasteiger partial charge on any atom is -0.350 e. The van der Waals surface area contributed by atoms with E-state index in [-0.39, 0.29) is 18.3 Å². The third-order valence-corrected chi connectivity index (χ3v) is 5.41. The quantitative estimate of drug-likeness (QED) is 0.693. The Morgan fingerprint density at radius 3 is 2.93 bits per heavy atom. The Bertz CT molecular complexity index is 1100. The molecule has 1 saturated heterocycles. The number of anilines is 1. The van der Waals surface area contributed by atoms with Crippen LogP contribution in [0, 0.1) is 6.92 Å². The van der Waals surface area contributed by atoms with Crippen LogP contribution in [-0.4, -0.2) is 43.1 Å². The summed E-state index contributed by atoms with van der Waals surface area (Å²) in [6, 6.07) is 1.70. The Morgan fingerprint density at radius 2 is 2.11 bits per heavy atom. The fourth-order valence-corrected chi connectivity index (χ4v) is 4.07. The van der Waals surface area contributed by atoms with Gasteiger partial charge < -0.3 is 4.90 Å². The van der Waals surface area contributed by atoms with Gasteiger partial charge in [-0.3, -0.25) is 0 Å². The van der Waals surface area contributed by atoms with E-state index in [1.54, 1.807) is 21.6 Å². The molecule has 1 unspecified atom stereocenters. The standard InChI is InChI=1S/C20H20F2N6/c1-13-10-23-28(12-13)18-11-24-27-8-6-19(25-20(18)27)26-7-2-3-17(26)15-9-14(21)4-5-16(15)22/h4,6,8-12,16-17H,2-3,5,7H2,1H3/t16?,17-/m1/s1. The largest absolute Gasteiger partial charge is 0.350 e. The lowest BCUT2D eigenvalue weighted by Gasteiger charge is -2.30. The van der Waals surface area contributed by atoms with Crippen molar-refractivity contribution in [2.45, 2.75) is 38.4 Å². The van der Waals surface area contributed by atoms with Gasteiger partial charge in [0.15, 0.2) is 5.65 Å². The highest BCUT2D eigenvalue weighted by Crippen LogP contribution is 2.35. The molecule has 28 heavy (non-hydrogen) atoms. The SMILES string of the molecule is Cc1cnn(-c2cnn3ccc(N4CCC[C@@H]4C4=CC(F)=CCC4F)nc23)c1. The van der Waals surface area contributed by atoms with Gasteiger partial charge >= 0.3 is 0 Å². The van der Waals surface area contributed by atoms with Gasteiger partial charge in [0.25, 0.3) is 0 Å². The number of aryl methyl sites for hydroxylation is 1. The van der Waals surface area contributed by atoms with Gasteiger partial charge in [0.05, 0.1) is 18.4 Å². The highest BCUT2D eigenvalue weighted by Gasteiger charge is 2.34. The summed E-state index contributed by atoms with van der Waals surface area (Å²) >= 11 is 0. The second-order valence-electron chi connectivity index (χ2n) is 7.33. The molecule has 8 heteroatoms. The summed E-state index contributed by atoms with van der Waals surface area (Å²) in [5, 5.41) is 8.69. The van der Waals surface area contributed by atoms with Crippen LogP contribution < -0.4 is 4.90 Å². The van der Waals surface area contributed by atoms with Crippen molar-refractivity contribution in [2.24, 2.45) is 0 Å². The van der Waals surface area contributed by atoms with Crippen molar-refractivity contribution < 1.29 is 8.78 Å². The molecule has 1 aliphatic heterocycles. The molecule has 4 heterocycles. The van der Waals surface area contributed by atoms with E-state index in [4.69, 9.17) is 4.98 Å². The van der Waals surface area contributed by atoms with Gasteiger partial charge in [-0.15, -0.1) is 0 Å². The van der Waals surface area contributed by atoms with Gasteiger partial charge in [-0.25, -0.2) is 23.0 Å². The predicted molar refractivity (Wildman–Crippen MR) is 102 cm³/mol. The maximum atomic E-state index is 14.5. The molecule has 0 N–H and O–H groups in total. The van der Waals surface area contributed by atoms with Crippen LogP contribution in [0.5, 0.6) is 0 Å². The minimum absolute atomic E-state index is 0.0971. The zero-order valence-electron chi connectivity index (χ0n) is 15.5. The molecule has 0 saturated carbocycles. The molecular weight excluding hydrogens is 362 g/mol. The molecule has 6 nitrogen and oxygen atoms in total. The fourth-order valence-electron chi connectivity index (χ4n) is 4.07. The molecule has 2 atom stereocenters. The van der Waals surface area contributed by atoms with Crippen molar-refractivity contribution in [3.05, 3.63) is 60.0 Å². The van der Waals surface area contributed by atoms with Crippen LogP contribution in [0.4, 0.5) is 14.6 Å². The molecule has 3 aromatic heterocycles. The Labute approximate surface area is 160 Å². The first-order chi connectivity index (χ1) is 13.6. The number of nitrogens with zero attached hydrogens (tertiary/aromatic N) is 6. The number of fused-ring (bicyclic) bond motifs is 1. The maximum Gasteiger partial charge on any atom is 0.183 e. The topological polar surface area (TPSA) is 51.3 Å². The molecule has 0 spiro atoms. The van der Waals surface area contributed by atoms with Gasteiger partial charge in [0.2, 0.25) is 0 Å². The molecule has 1 aliphatic carbocycles. The van der Waals surface area contributed by atoms with Crippen molar-refractivity contribution in [1.29, 1.82) is 0 Å². The molecule has 3 aromatic rings. The molecule has 1 fully saturated rings. The summed E-state index contributed by atoms with van der Waals surface area (Å²) in [5.41, 5.74) is 3.01. The Morgan fingerprint density at radius 1 is 1.21 bits per heavy atom. The van der Waals surface area contributed by atoms with Crippen LogP contribution in [0.25, 0.3) is 11.3 Å². The number of alkyl halides is 1. The van der Waals surface area contributed by atoms with Crippen molar-refractivity contribution in [2.75, 3.05) is 11.4 Å². The number of aromatic nitrogens is 5. The summed E-state index contributed by atoms with van der Waals surface area (Å²) in [5.74, 6) is 0.384. The first kappa shape index (κ1) is 17.1. The van der Waals surface area contributed by atoms with Crippen LogP contribution in [0.2, 0.25) is 0 Å². The maximum absolute atomic E-state index is 14.5. The van der Waals surface area contributed by atoms with Crippen LogP contribution in [0.1, 0.15) is 24.8 Å². The van der Waals surface area contributed by atoms with Gasteiger partial charge in [0, 0.05) is 25.4 Å². The molecule has 0 aromatic carbocycles. The normalized spacial score (nSPS) is 22.6. The fraction of sp³-hybridized carbons (Fsp3) is 0.350. The number of hydrogen-bond acceptors (Lipinski definition) is 4. The molecular formula is C20H20F2N6. The minimum atomic E-state index is -1.15. The number of halogens is 2. The van der Waals surface area contributed by atoms with Crippen molar-refractivity contribution in [3.8, 4) is 5.69 Å². The lowest BCUT2D eigenvalue weighted by molar-refractivity contribution is 0.360. The Balaban J connectivity index is 1.54. The van der Waals surface area contributed by atoms with Crippen molar-refractivity contribution in [3.63, 3.8) is 0 Å². The van der Waals surface area contributed by atoms with Crippen LogP contribution in [0.3, 0.4) is 0 Å². The van der Waals surface area contributed by atoms with E-state index in [9.17, 15) is 8.78 Å². The molecule has 0 amide bonds. The monoisotopic (exact) mass is 382 g/mol. The summed E-state index contributed by atoms with van der Waals surface area (Å²) < 4.78 is 31.7. The predicted octanol–water partition coefficient (Wildman–Crippen LogP) is 3.71. The molecule has 2 aliphatic rings. The van der Waals surface area contributed by atoms with Crippen molar-refractivity contribution in [1.82, 2.24) is 24.4 Å². The van der Waals surface area contributed by atoms with E-state index in [1.807, 2.05) is 25.4 Å². The van der Waals surface area contributed by atoms with E-state index < -0.39 is 6.17 Å². The van der Waals surface area contributed by atoms with Crippen molar-refractivity contribution >= 4 is 11.5 Å². The lowest BCUT2D eigenvalue weighted by atomic mass is 9.94. The van der Waals surface area contributed by atoms with Gasteiger partial charge in [-0.05, 0) is 49.1 Å². The van der Waals surface area contributed by atoms with Crippen LogP contribution in [-0.2, 0) is 0 Å². The third kappa shape index (κ3) is 2.80. The average Bonchev–Trinajstić information content (AvgIpc) is 3.42. The highest BCUT2D eigenvalue weighted by molar-refractivity contribution is 5.61. The Hall–Kier alpha value is -3.03. The summed E-state index contributed by atoms with van der Waals surface area (Å²) in [4.78, 5) is 6.87. The van der Waals surface area contributed by atoms with Gasteiger partial charge in [-0.1, -0.05) is 0 Å². The highest BCUT2D eigenvalue weighted by atomic mass is 19.1. The number of rotatable bonds is 3. The zero-order valence-corrected chi connectivity index (χ0v) is 15.5. The van der Waals surface area contributed by atoms with E-state index in [2.05, 4.69) is 15.1 Å². The first-order valence-corrected chi connectivity index (χ1v) is 9.44. The average molecular weight is 382 g/mol. The summed E-state index contributed by atoms with van der Waals surface area (Å²) in [6.07, 6.45) is 10.6. The lowest BCUT2D eigenvalue weighted by Crippen LogP contribution is -2.35. The van der Waals surface area contributed by atoms with E-state index in [0.717, 1.165) is 36.5 Å². The molecule has 144 valence electrons. The molecule has 5 rings (SSSR count). The summed E-state index contributed by atoms with van der Waals surface area (Å²) in [6.45, 7) is 2.73. The van der Waals surface area contributed by atoms with E-state index in [0.29, 0.717) is 11.2 Å². The molecule has 0 bridgehead atoms. The smallest absolute Gasteiger partial charge is 0.183 e. The second-order valence-corrected chi connectivity index (χ2v) is 7.33. The third-order valence-electron chi connectivity index (χ3n) is 5.41. The van der Waals surface area contributed by atoms with Crippen LogP contribution in [0.15, 0.2) is 54.4 Å². The zero-order chi connectivity index (χ0) is 19.3. The summed E-state index contributed by atoms with van der Waals surface area (Å²) in [7, 11) is 0. The number of allylic oxidation sites excluding steroid dienone is 3. The first-order valence-electron chi connectivity index (χ1n) is 9.44. The van der Waals surface area contributed by atoms with E-state index >= 15 is 0 Å². The van der Waals surface area contributed by atoms with Crippen LogP contribution >= 0.6 is 0 Å².